The van der Waals surface area contributed by atoms with E-state index in [2.05, 4.69) is 5.32 Å². The Morgan fingerprint density at radius 2 is 2.07 bits per heavy atom. The predicted octanol–water partition coefficient (Wildman–Crippen LogP) is 1.03. The average molecular weight is 195 g/mol. The summed E-state index contributed by atoms with van der Waals surface area (Å²) in [5.74, 6) is 0. The van der Waals surface area contributed by atoms with Crippen molar-refractivity contribution in [2.45, 2.75) is 19.4 Å². The minimum Gasteiger partial charge on any atom is -0.397 e. The van der Waals surface area contributed by atoms with Gasteiger partial charge in [0.25, 0.3) is 0 Å². The first kappa shape index (κ1) is 10.7. The normalized spacial score (nSPS) is 12.4. The molecule has 78 valence electrons. The van der Waals surface area contributed by atoms with E-state index in [-0.39, 0.29) is 6.10 Å². The molecule has 4 heteroatoms. The zero-order chi connectivity index (χ0) is 10.6. The lowest BCUT2D eigenvalue weighted by molar-refractivity contribution is 0.183. The highest BCUT2D eigenvalue weighted by Gasteiger charge is 2.01. The number of benzene rings is 1. The lowest BCUT2D eigenvalue weighted by Crippen LogP contribution is -2.18. The number of nitrogens with one attached hydrogen (secondary N) is 1. The molecule has 4 nitrogen and oxygen atoms in total. The Morgan fingerprint density at radius 1 is 1.36 bits per heavy atom. The highest BCUT2D eigenvalue weighted by Crippen LogP contribution is 2.19. The number of anilines is 3. The molecule has 0 saturated carbocycles. The average Bonchev–Trinajstić information content (AvgIpc) is 2.19. The van der Waals surface area contributed by atoms with Gasteiger partial charge in [-0.1, -0.05) is 6.92 Å². The van der Waals surface area contributed by atoms with Gasteiger partial charge in [0, 0.05) is 12.2 Å². The number of hydrogen-bond donors (Lipinski definition) is 4. The molecule has 14 heavy (non-hydrogen) atoms. The van der Waals surface area contributed by atoms with Crippen molar-refractivity contribution in [3.8, 4) is 0 Å². The molecule has 0 fully saturated rings. The van der Waals surface area contributed by atoms with Gasteiger partial charge in [-0.3, -0.25) is 0 Å². The zero-order valence-corrected chi connectivity index (χ0v) is 8.33. The Morgan fingerprint density at radius 3 is 2.64 bits per heavy atom. The molecule has 0 aliphatic rings. The second-order valence-corrected chi connectivity index (χ2v) is 3.29. The Balaban J connectivity index is 2.55. The van der Waals surface area contributed by atoms with Gasteiger partial charge in [0.15, 0.2) is 0 Å². The molecule has 1 atom stereocenters. The Hall–Kier alpha value is -1.42. The molecule has 0 radical (unpaired) electrons. The Kier molecular flexibility index (Phi) is 3.59. The number of rotatable bonds is 4. The number of aliphatic hydroxyl groups is 1. The van der Waals surface area contributed by atoms with Crippen LogP contribution in [0.1, 0.15) is 13.3 Å². The molecule has 1 rings (SSSR count). The van der Waals surface area contributed by atoms with E-state index in [1.165, 1.54) is 0 Å². The predicted molar refractivity (Wildman–Crippen MR) is 60.1 cm³/mol. The van der Waals surface area contributed by atoms with Crippen molar-refractivity contribution in [3.05, 3.63) is 18.2 Å². The van der Waals surface area contributed by atoms with E-state index in [4.69, 9.17) is 11.5 Å². The summed E-state index contributed by atoms with van der Waals surface area (Å²) in [5, 5.41) is 12.4. The van der Waals surface area contributed by atoms with Crippen LogP contribution < -0.4 is 16.8 Å². The fourth-order valence-corrected chi connectivity index (χ4v) is 1.06. The van der Waals surface area contributed by atoms with Gasteiger partial charge in [0.05, 0.1) is 17.5 Å². The Bertz CT molecular complexity index is 301. The fourth-order valence-electron chi connectivity index (χ4n) is 1.06. The van der Waals surface area contributed by atoms with Crippen LogP contribution in [0.5, 0.6) is 0 Å². The second kappa shape index (κ2) is 4.72. The third kappa shape index (κ3) is 2.81. The van der Waals surface area contributed by atoms with Crippen LogP contribution in [0, 0.1) is 0 Å². The largest absolute Gasteiger partial charge is 0.397 e. The fraction of sp³-hybridized carbons (Fsp3) is 0.400. The lowest BCUT2D eigenvalue weighted by Gasteiger charge is -2.11. The molecule has 0 heterocycles. The molecule has 1 unspecified atom stereocenters. The summed E-state index contributed by atoms with van der Waals surface area (Å²) in [5.41, 5.74) is 13.2. The Labute approximate surface area is 83.9 Å². The highest BCUT2D eigenvalue weighted by atomic mass is 16.3. The van der Waals surface area contributed by atoms with Gasteiger partial charge in [0.1, 0.15) is 0 Å². The van der Waals surface area contributed by atoms with Crippen LogP contribution >= 0.6 is 0 Å². The topological polar surface area (TPSA) is 84.3 Å². The molecule has 0 aliphatic carbocycles. The minimum atomic E-state index is -0.325. The van der Waals surface area contributed by atoms with Crippen LogP contribution in [0.15, 0.2) is 18.2 Å². The monoisotopic (exact) mass is 195 g/mol. The van der Waals surface area contributed by atoms with Crippen LogP contribution in [-0.4, -0.2) is 17.8 Å². The van der Waals surface area contributed by atoms with Crippen molar-refractivity contribution >= 4 is 17.1 Å². The highest BCUT2D eigenvalue weighted by molar-refractivity contribution is 5.69. The van der Waals surface area contributed by atoms with Crippen molar-refractivity contribution in [1.82, 2.24) is 0 Å². The number of nitrogen functional groups attached to an aromatic ring is 2. The summed E-state index contributed by atoms with van der Waals surface area (Å²) >= 11 is 0. The number of hydrogen-bond acceptors (Lipinski definition) is 4. The van der Waals surface area contributed by atoms with E-state index in [9.17, 15) is 5.11 Å². The quantitative estimate of drug-likeness (QED) is 0.541. The van der Waals surface area contributed by atoms with Gasteiger partial charge in [-0.15, -0.1) is 0 Å². The lowest BCUT2D eigenvalue weighted by atomic mass is 10.2. The van der Waals surface area contributed by atoms with Gasteiger partial charge < -0.3 is 21.9 Å². The molecule has 1 aromatic rings. The molecule has 1 aromatic carbocycles. The molecule has 0 spiro atoms. The van der Waals surface area contributed by atoms with Crippen molar-refractivity contribution in [2.24, 2.45) is 0 Å². The SMILES string of the molecule is CCC(O)CNc1ccc(N)c(N)c1. The first-order valence-electron chi connectivity index (χ1n) is 4.70. The summed E-state index contributed by atoms with van der Waals surface area (Å²) in [6.07, 6.45) is 0.408. The van der Waals surface area contributed by atoms with Crippen LogP contribution in [0.4, 0.5) is 17.1 Å². The summed E-state index contributed by atoms with van der Waals surface area (Å²) in [4.78, 5) is 0. The maximum absolute atomic E-state index is 9.32. The van der Waals surface area contributed by atoms with Crippen LogP contribution in [0.2, 0.25) is 0 Å². The van der Waals surface area contributed by atoms with Crippen LogP contribution in [0.3, 0.4) is 0 Å². The van der Waals surface area contributed by atoms with Crippen molar-refractivity contribution in [3.63, 3.8) is 0 Å². The second-order valence-electron chi connectivity index (χ2n) is 3.29. The molecule has 6 N–H and O–H groups in total. The molecular weight excluding hydrogens is 178 g/mol. The van der Waals surface area contributed by atoms with E-state index in [0.29, 0.717) is 17.9 Å². The van der Waals surface area contributed by atoms with E-state index in [1.807, 2.05) is 13.0 Å². The van der Waals surface area contributed by atoms with E-state index in [0.717, 1.165) is 12.1 Å². The number of nitrogens with two attached hydrogens (primary N) is 2. The minimum absolute atomic E-state index is 0.325. The van der Waals surface area contributed by atoms with E-state index in [1.54, 1.807) is 12.1 Å². The zero-order valence-electron chi connectivity index (χ0n) is 8.33. The number of aliphatic hydroxyl groups excluding tert-OH is 1. The molecule has 0 aromatic heterocycles. The third-order valence-corrected chi connectivity index (χ3v) is 2.10. The van der Waals surface area contributed by atoms with Gasteiger partial charge in [-0.25, -0.2) is 0 Å². The first-order valence-corrected chi connectivity index (χ1v) is 4.70. The van der Waals surface area contributed by atoms with Crippen LogP contribution in [-0.2, 0) is 0 Å². The summed E-state index contributed by atoms with van der Waals surface area (Å²) in [6, 6.07) is 5.35. The molecule has 0 amide bonds. The summed E-state index contributed by atoms with van der Waals surface area (Å²) < 4.78 is 0. The smallest absolute Gasteiger partial charge is 0.0709 e. The van der Waals surface area contributed by atoms with Crippen molar-refractivity contribution in [2.75, 3.05) is 23.3 Å². The summed E-state index contributed by atoms with van der Waals surface area (Å²) in [6.45, 7) is 2.46. The third-order valence-electron chi connectivity index (χ3n) is 2.10. The van der Waals surface area contributed by atoms with Gasteiger partial charge in [0.2, 0.25) is 0 Å². The summed E-state index contributed by atoms with van der Waals surface area (Å²) in [7, 11) is 0. The van der Waals surface area contributed by atoms with Gasteiger partial charge >= 0.3 is 0 Å². The van der Waals surface area contributed by atoms with Crippen LogP contribution in [0.25, 0.3) is 0 Å². The maximum Gasteiger partial charge on any atom is 0.0709 e. The van der Waals surface area contributed by atoms with Gasteiger partial charge in [-0.2, -0.15) is 0 Å². The standard InChI is InChI=1S/C10H17N3O/c1-2-8(14)6-13-7-3-4-9(11)10(12)5-7/h3-5,8,13-14H,2,6,11-12H2,1H3. The first-order chi connectivity index (χ1) is 6.63. The van der Waals surface area contributed by atoms with E-state index >= 15 is 0 Å². The van der Waals surface area contributed by atoms with Crippen molar-refractivity contribution in [1.29, 1.82) is 0 Å². The molecule has 0 bridgehead atoms. The van der Waals surface area contributed by atoms with Crippen molar-refractivity contribution < 1.29 is 5.11 Å². The molecular formula is C10H17N3O. The molecule has 0 saturated heterocycles. The van der Waals surface area contributed by atoms with Gasteiger partial charge in [-0.05, 0) is 24.6 Å². The maximum atomic E-state index is 9.32. The molecule has 0 aliphatic heterocycles. The van der Waals surface area contributed by atoms with E-state index < -0.39 is 0 Å².